The third kappa shape index (κ3) is 2.75. The number of nitrogens with one attached hydrogen (secondary N) is 1. The molecule has 0 aliphatic carbocycles. The molecule has 5 nitrogen and oxygen atoms in total. The molecule has 0 aliphatic rings. The molecule has 0 spiro atoms. The zero-order valence-electron chi connectivity index (χ0n) is 10.00. The van der Waals surface area contributed by atoms with Gasteiger partial charge in [-0.3, -0.25) is 10.1 Å². The van der Waals surface area contributed by atoms with Gasteiger partial charge in [-0.15, -0.1) is 0 Å². The Morgan fingerprint density at radius 3 is 2.78 bits per heavy atom. The van der Waals surface area contributed by atoms with Gasteiger partial charge in [-0.1, -0.05) is 18.2 Å². The summed E-state index contributed by atoms with van der Waals surface area (Å²) in [4.78, 5) is 10.5. The van der Waals surface area contributed by atoms with Crippen LogP contribution in [-0.2, 0) is 6.54 Å². The molecule has 0 bridgehead atoms. The van der Waals surface area contributed by atoms with E-state index in [9.17, 15) is 10.1 Å². The van der Waals surface area contributed by atoms with Crippen LogP contribution in [0.4, 0.5) is 5.69 Å². The minimum atomic E-state index is -0.366. The van der Waals surface area contributed by atoms with Gasteiger partial charge in [0.2, 0.25) is 0 Å². The van der Waals surface area contributed by atoms with Crippen molar-refractivity contribution in [2.24, 2.45) is 0 Å². The molecule has 0 saturated carbocycles. The standard InChI is InChI=1S/C13H14N2O3/c1-10(13-7-4-8-18-13)14-9-11-5-2-3-6-12(11)15(16)17/h2-8,10,14H,9H2,1H3/t10-/m1/s1. The SMILES string of the molecule is C[C@@H](NCc1ccccc1[N+](=O)[O-])c1ccco1. The third-order valence-electron chi connectivity index (χ3n) is 2.76. The summed E-state index contributed by atoms with van der Waals surface area (Å²) in [6.45, 7) is 2.38. The Kier molecular flexibility index (Phi) is 3.74. The molecule has 0 fully saturated rings. The van der Waals surface area contributed by atoms with E-state index >= 15 is 0 Å². The molecule has 1 heterocycles. The average Bonchev–Trinajstić information content (AvgIpc) is 2.90. The molecule has 94 valence electrons. The highest BCUT2D eigenvalue weighted by atomic mass is 16.6. The summed E-state index contributed by atoms with van der Waals surface area (Å²) in [5, 5.41) is 14.1. The number of nitro benzene ring substituents is 1. The first kappa shape index (κ1) is 12.3. The minimum absolute atomic E-state index is 0.0137. The number of hydrogen-bond acceptors (Lipinski definition) is 4. The zero-order valence-corrected chi connectivity index (χ0v) is 10.00. The van der Waals surface area contributed by atoms with Crippen LogP contribution in [0, 0.1) is 10.1 Å². The molecule has 5 heteroatoms. The van der Waals surface area contributed by atoms with E-state index in [1.54, 1.807) is 24.5 Å². The molecule has 1 atom stereocenters. The second kappa shape index (κ2) is 5.46. The molecule has 0 radical (unpaired) electrons. The predicted octanol–water partition coefficient (Wildman–Crippen LogP) is 3.04. The van der Waals surface area contributed by atoms with Gasteiger partial charge < -0.3 is 9.73 Å². The van der Waals surface area contributed by atoms with E-state index in [0.29, 0.717) is 12.1 Å². The van der Waals surface area contributed by atoms with Crippen LogP contribution >= 0.6 is 0 Å². The summed E-state index contributed by atoms with van der Waals surface area (Å²) in [7, 11) is 0. The highest BCUT2D eigenvalue weighted by molar-refractivity contribution is 5.39. The number of benzene rings is 1. The van der Waals surface area contributed by atoms with Gasteiger partial charge in [0.15, 0.2) is 0 Å². The molecule has 1 N–H and O–H groups in total. The van der Waals surface area contributed by atoms with Gasteiger partial charge in [-0.25, -0.2) is 0 Å². The molecule has 2 aromatic rings. The maximum Gasteiger partial charge on any atom is 0.273 e. The molecule has 0 amide bonds. The average molecular weight is 246 g/mol. The first-order chi connectivity index (χ1) is 8.68. The normalized spacial score (nSPS) is 12.3. The van der Waals surface area contributed by atoms with Gasteiger partial charge in [-0.2, -0.15) is 0 Å². The summed E-state index contributed by atoms with van der Waals surface area (Å²) >= 11 is 0. The molecule has 0 saturated heterocycles. The quantitative estimate of drug-likeness (QED) is 0.650. The largest absolute Gasteiger partial charge is 0.468 e. The molecule has 1 aromatic heterocycles. The Morgan fingerprint density at radius 1 is 1.33 bits per heavy atom. The first-order valence-corrected chi connectivity index (χ1v) is 5.67. The van der Waals surface area contributed by atoms with Gasteiger partial charge in [0.25, 0.3) is 5.69 Å². The van der Waals surface area contributed by atoms with Crippen molar-refractivity contribution < 1.29 is 9.34 Å². The van der Waals surface area contributed by atoms with Crippen LogP contribution < -0.4 is 5.32 Å². The number of hydrogen-bond donors (Lipinski definition) is 1. The fourth-order valence-corrected chi connectivity index (χ4v) is 1.74. The second-order valence-electron chi connectivity index (χ2n) is 4.00. The molecular formula is C13H14N2O3. The number of para-hydroxylation sites is 1. The fraction of sp³-hybridized carbons (Fsp3) is 0.231. The smallest absolute Gasteiger partial charge is 0.273 e. The molecule has 18 heavy (non-hydrogen) atoms. The van der Waals surface area contributed by atoms with Gasteiger partial charge in [0.1, 0.15) is 5.76 Å². The Hall–Kier alpha value is -2.14. The minimum Gasteiger partial charge on any atom is -0.468 e. The highest BCUT2D eigenvalue weighted by Gasteiger charge is 2.14. The van der Waals surface area contributed by atoms with Crippen LogP contribution in [0.2, 0.25) is 0 Å². The van der Waals surface area contributed by atoms with Crippen molar-refractivity contribution in [2.75, 3.05) is 0 Å². The van der Waals surface area contributed by atoms with E-state index in [1.807, 2.05) is 19.1 Å². The van der Waals surface area contributed by atoms with E-state index in [4.69, 9.17) is 4.42 Å². The van der Waals surface area contributed by atoms with E-state index in [-0.39, 0.29) is 16.7 Å². The summed E-state index contributed by atoms with van der Waals surface area (Å²) < 4.78 is 5.27. The summed E-state index contributed by atoms with van der Waals surface area (Å²) in [5.41, 5.74) is 0.803. The first-order valence-electron chi connectivity index (χ1n) is 5.67. The van der Waals surface area contributed by atoms with Gasteiger partial charge in [-0.05, 0) is 19.1 Å². The van der Waals surface area contributed by atoms with Crippen molar-refractivity contribution >= 4 is 5.69 Å². The molecule has 0 aliphatic heterocycles. The number of rotatable bonds is 5. The van der Waals surface area contributed by atoms with Crippen molar-refractivity contribution in [3.05, 3.63) is 64.1 Å². The van der Waals surface area contributed by atoms with E-state index in [0.717, 1.165) is 5.76 Å². The molecular weight excluding hydrogens is 232 g/mol. The lowest BCUT2D eigenvalue weighted by molar-refractivity contribution is -0.385. The fourth-order valence-electron chi connectivity index (χ4n) is 1.74. The number of nitro groups is 1. The van der Waals surface area contributed by atoms with Crippen LogP contribution in [0.15, 0.2) is 47.1 Å². The lowest BCUT2D eigenvalue weighted by Gasteiger charge is -2.11. The Labute approximate surface area is 105 Å². The van der Waals surface area contributed by atoms with Crippen LogP contribution in [0.25, 0.3) is 0 Å². The van der Waals surface area contributed by atoms with Crippen LogP contribution in [0.5, 0.6) is 0 Å². The van der Waals surface area contributed by atoms with Crippen LogP contribution in [0.3, 0.4) is 0 Å². The van der Waals surface area contributed by atoms with Crippen LogP contribution in [-0.4, -0.2) is 4.92 Å². The number of furan rings is 1. The van der Waals surface area contributed by atoms with Crippen molar-refractivity contribution in [3.8, 4) is 0 Å². The molecule has 1 aromatic carbocycles. The summed E-state index contributed by atoms with van der Waals surface area (Å²) in [6, 6.07) is 10.4. The predicted molar refractivity (Wildman–Crippen MR) is 67.1 cm³/mol. The van der Waals surface area contributed by atoms with Crippen LogP contribution in [0.1, 0.15) is 24.3 Å². The second-order valence-corrected chi connectivity index (χ2v) is 4.00. The molecule has 0 unspecified atom stereocenters. The van der Waals surface area contributed by atoms with Gasteiger partial charge in [0.05, 0.1) is 17.2 Å². The van der Waals surface area contributed by atoms with E-state index in [2.05, 4.69) is 5.32 Å². The topological polar surface area (TPSA) is 68.3 Å². The molecule has 2 rings (SSSR count). The highest BCUT2D eigenvalue weighted by Crippen LogP contribution is 2.19. The van der Waals surface area contributed by atoms with Crippen molar-refractivity contribution in [1.82, 2.24) is 5.32 Å². The lowest BCUT2D eigenvalue weighted by Crippen LogP contribution is -2.18. The zero-order chi connectivity index (χ0) is 13.0. The van der Waals surface area contributed by atoms with Gasteiger partial charge >= 0.3 is 0 Å². The third-order valence-corrected chi connectivity index (χ3v) is 2.76. The van der Waals surface area contributed by atoms with E-state index in [1.165, 1.54) is 6.07 Å². The monoisotopic (exact) mass is 246 g/mol. The Morgan fingerprint density at radius 2 is 2.11 bits per heavy atom. The van der Waals surface area contributed by atoms with Crippen molar-refractivity contribution in [3.63, 3.8) is 0 Å². The summed E-state index contributed by atoms with van der Waals surface area (Å²) in [5.74, 6) is 0.814. The van der Waals surface area contributed by atoms with Crippen molar-refractivity contribution in [1.29, 1.82) is 0 Å². The maximum absolute atomic E-state index is 10.9. The van der Waals surface area contributed by atoms with Gasteiger partial charge in [0, 0.05) is 18.2 Å². The van der Waals surface area contributed by atoms with Crippen molar-refractivity contribution in [2.45, 2.75) is 19.5 Å². The van der Waals surface area contributed by atoms with E-state index < -0.39 is 0 Å². The number of nitrogens with zero attached hydrogens (tertiary/aromatic N) is 1. The lowest BCUT2D eigenvalue weighted by atomic mass is 10.1. The summed E-state index contributed by atoms with van der Waals surface area (Å²) in [6.07, 6.45) is 1.61. The Bertz CT molecular complexity index is 523. The Balaban J connectivity index is 2.04. The maximum atomic E-state index is 10.9.